The Labute approximate surface area is 196 Å². The van der Waals surface area contributed by atoms with Crippen molar-refractivity contribution in [2.24, 2.45) is 0 Å². The van der Waals surface area contributed by atoms with Gasteiger partial charge in [-0.05, 0) is 59.9 Å². The molecule has 0 aromatic heterocycles. The zero-order valence-corrected chi connectivity index (χ0v) is 18.7. The molecule has 2 N–H and O–H groups in total. The maximum absolute atomic E-state index is 13.5. The second-order valence-corrected chi connectivity index (χ2v) is 9.17. The zero-order valence-electron chi connectivity index (χ0n) is 16.5. The molecule has 3 aromatic carbocycles. The second kappa shape index (κ2) is 8.23. The Bertz CT molecular complexity index is 1200. The summed E-state index contributed by atoms with van der Waals surface area (Å²) in [5.74, 6) is 0.188. The molecule has 3 nitrogen and oxygen atoms in total. The van der Waals surface area contributed by atoms with E-state index >= 15 is 0 Å². The molecule has 5 rings (SSSR count). The van der Waals surface area contributed by atoms with Crippen LogP contribution in [0.3, 0.4) is 0 Å². The lowest BCUT2D eigenvalue weighted by molar-refractivity contribution is -0.116. The van der Waals surface area contributed by atoms with Crippen LogP contribution in [-0.2, 0) is 4.79 Å². The van der Waals surface area contributed by atoms with Gasteiger partial charge in [-0.3, -0.25) is 4.79 Å². The number of carbonyl (C=O) groups excluding carboxylic acids is 1. The predicted molar refractivity (Wildman–Crippen MR) is 128 cm³/mol. The smallest absolute Gasteiger partial charge is 0.163 e. The molecule has 0 radical (unpaired) electrons. The number of para-hydroxylation sites is 2. The minimum absolute atomic E-state index is 0.0858. The lowest BCUT2D eigenvalue weighted by Crippen LogP contribution is -2.27. The molecule has 0 spiro atoms. The van der Waals surface area contributed by atoms with E-state index in [1.54, 1.807) is 12.1 Å². The van der Waals surface area contributed by atoms with Crippen molar-refractivity contribution in [3.05, 3.63) is 104 Å². The fourth-order valence-electron chi connectivity index (χ4n) is 4.43. The number of ketones is 1. The van der Waals surface area contributed by atoms with Crippen LogP contribution in [0, 0.1) is 0 Å². The maximum Gasteiger partial charge on any atom is 0.163 e. The molecular formula is C25H19Cl3N2O. The number of benzene rings is 3. The lowest BCUT2D eigenvalue weighted by atomic mass is 9.78. The molecule has 0 bridgehead atoms. The van der Waals surface area contributed by atoms with Gasteiger partial charge < -0.3 is 10.6 Å². The highest BCUT2D eigenvalue weighted by Gasteiger charge is 2.36. The molecule has 1 aliphatic carbocycles. The summed E-state index contributed by atoms with van der Waals surface area (Å²) in [7, 11) is 0. The number of anilines is 2. The van der Waals surface area contributed by atoms with Gasteiger partial charge in [0.15, 0.2) is 5.78 Å². The monoisotopic (exact) mass is 468 g/mol. The first-order valence-electron chi connectivity index (χ1n) is 10.1. The van der Waals surface area contributed by atoms with Crippen molar-refractivity contribution < 1.29 is 4.79 Å². The van der Waals surface area contributed by atoms with Gasteiger partial charge in [0.1, 0.15) is 0 Å². The molecule has 0 unspecified atom stereocenters. The molecule has 0 saturated heterocycles. The molecule has 1 aliphatic heterocycles. The number of halogens is 3. The standard InChI is InChI=1S/C25H19Cl3N2O/c26-16-7-5-14(6-8-16)15-11-22-24(23(31)12-15)25(18-10-9-17(27)13-19(18)28)30-21-4-2-1-3-20(21)29-22/h1-10,13,15,25,29-30H,11-12H2/t15-,25-/m1/s1. The van der Waals surface area contributed by atoms with Crippen LogP contribution in [0.2, 0.25) is 15.1 Å². The third kappa shape index (κ3) is 3.94. The Morgan fingerprint density at radius 1 is 0.806 bits per heavy atom. The number of hydrogen-bond donors (Lipinski definition) is 2. The van der Waals surface area contributed by atoms with E-state index in [4.69, 9.17) is 34.8 Å². The van der Waals surface area contributed by atoms with Crippen molar-refractivity contribution in [3.8, 4) is 0 Å². The summed E-state index contributed by atoms with van der Waals surface area (Å²) in [4.78, 5) is 13.5. The number of rotatable bonds is 2. The van der Waals surface area contributed by atoms with Crippen LogP contribution >= 0.6 is 34.8 Å². The minimum atomic E-state index is -0.366. The number of carbonyl (C=O) groups is 1. The van der Waals surface area contributed by atoms with Crippen molar-refractivity contribution in [2.75, 3.05) is 10.6 Å². The third-order valence-corrected chi connectivity index (χ3v) is 6.74. The molecule has 0 amide bonds. The van der Waals surface area contributed by atoms with Gasteiger partial charge >= 0.3 is 0 Å². The summed E-state index contributed by atoms with van der Waals surface area (Å²) in [6, 6.07) is 20.7. The van der Waals surface area contributed by atoms with Gasteiger partial charge in [0.2, 0.25) is 0 Å². The molecule has 6 heteroatoms. The van der Waals surface area contributed by atoms with Crippen LogP contribution in [0.4, 0.5) is 11.4 Å². The van der Waals surface area contributed by atoms with Gasteiger partial charge in [-0.15, -0.1) is 0 Å². The van der Waals surface area contributed by atoms with E-state index in [0.29, 0.717) is 21.5 Å². The molecule has 0 saturated carbocycles. The van der Waals surface area contributed by atoms with Crippen molar-refractivity contribution >= 4 is 52.0 Å². The van der Waals surface area contributed by atoms with Gasteiger partial charge in [-0.25, -0.2) is 0 Å². The van der Waals surface area contributed by atoms with E-state index in [-0.39, 0.29) is 17.7 Å². The number of hydrogen-bond acceptors (Lipinski definition) is 3. The first-order chi connectivity index (χ1) is 15.0. The molecule has 3 aromatic rings. The van der Waals surface area contributed by atoms with Gasteiger partial charge in [0.05, 0.1) is 17.4 Å². The van der Waals surface area contributed by atoms with E-state index in [1.165, 1.54) is 0 Å². The number of fused-ring (bicyclic) bond motifs is 1. The maximum atomic E-state index is 13.5. The Balaban J connectivity index is 1.62. The number of allylic oxidation sites excluding steroid dienone is 1. The Morgan fingerprint density at radius 2 is 1.52 bits per heavy atom. The first kappa shape index (κ1) is 20.4. The van der Waals surface area contributed by atoms with Crippen LogP contribution < -0.4 is 10.6 Å². The highest BCUT2D eigenvalue weighted by Crippen LogP contribution is 2.45. The minimum Gasteiger partial charge on any atom is -0.372 e. The van der Waals surface area contributed by atoms with Gasteiger partial charge in [0.25, 0.3) is 0 Å². The van der Waals surface area contributed by atoms with Gasteiger partial charge in [-0.1, -0.05) is 65.1 Å². The average molecular weight is 470 g/mol. The summed E-state index contributed by atoms with van der Waals surface area (Å²) >= 11 is 18.8. The van der Waals surface area contributed by atoms with E-state index in [2.05, 4.69) is 10.6 Å². The summed E-state index contributed by atoms with van der Waals surface area (Å²) < 4.78 is 0. The van der Waals surface area contributed by atoms with Crippen LogP contribution in [0.1, 0.15) is 35.9 Å². The fraction of sp³-hybridized carbons (Fsp3) is 0.160. The Kier molecular flexibility index (Phi) is 5.43. The van der Waals surface area contributed by atoms with Gasteiger partial charge in [-0.2, -0.15) is 0 Å². The predicted octanol–water partition coefficient (Wildman–Crippen LogP) is 7.63. The fourth-order valence-corrected chi connectivity index (χ4v) is 5.08. The largest absolute Gasteiger partial charge is 0.372 e. The van der Waals surface area contributed by atoms with E-state index in [0.717, 1.165) is 40.2 Å². The molecule has 0 fully saturated rings. The molecule has 2 atom stereocenters. The van der Waals surface area contributed by atoms with Gasteiger partial charge in [0, 0.05) is 32.8 Å². The molecule has 2 aliphatic rings. The number of Topliss-reactive ketones (excluding diaryl/α,β-unsaturated/α-hetero) is 1. The van der Waals surface area contributed by atoms with Crippen molar-refractivity contribution in [3.63, 3.8) is 0 Å². The highest BCUT2D eigenvalue weighted by atomic mass is 35.5. The molecule has 156 valence electrons. The van der Waals surface area contributed by atoms with Crippen molar-refractivity contribution in [1.82, 2.24) is 0 Å². The van der Waals surface area contributed by atoms with E-state index in [9.17, 15) is 4.79 Å². The van der Waals surface area contributed by atoms with Crippen LogP contribution in [0.25, 0.3) is 0 Å². The number of nitrogens with one attached hydrogen (secondary N) is 2. The Morgan fingerprint density at radius 3 is 2.26 bits per heavy atom. The van der Waals surface area contributed by atoms with E-state index < -0.39 is 0 Å². The summed E-state index contributed by atoms with van der Waals surface area (Å²) in [5, 5.41) is 8.86. The van der Waals surface area contributed by atoms with Crippen LogP contribution in [0.15, 0.2) is 78.0 Å². The second-order valence-electron chi connectivity index (χ2n) is 7.89. The molecular weight excluding hydrogens is 451 g/mol. The van der Waals surface area contributed by atoms with Crippen LogP contribution in [0.5, 0.6) is 0 Å². The van der Waals surface area contributed by atoms with Crippen LogP contribution in [-0.4, -0.2) is 5.78 Å². The highest BCUT2D eigenvalue weighted by molar-refractivity contribution is 6.35. The summed E-state index contributed by atoms with van der Waals surface area (Å²) in [6.07, 6.45) is 1.16. The molecule has 31 heavy (non-hydrogen) atoms. The van der Waals surface area contributed by atoms with E-state index in [1.807, 2.05) is 54.6 Å². The summed E-state index contributed by atoms with van der Waals surface area (Å²) in [6.45, 7) is 0. The summed E-state index contributed by atoms with van der Waals surface area (Å²) in [5.41, 5.74) is 5.44. The molecule has 1 heterocycles. The SMILES string of the molecule is O=C1C[C@H](c2ccc(Cl)cc2)CC2=C1[C@@H](c1ccc(Cl)cc1Cl)Nc1ccccc1N2. The average Bonchev–Trinajstić information content (AvgIpc) is 2.91. The lowest BCUT2D eigenvalue weighted by Gasteiger charge is -2.30. The normalized spacial score (nSPS) is 20.3. The topological polar surface area (TPSA) is 41.1 Å². The first-order valence-corrected chi connectivity index (χ1v) is 11.2. The third-order valence-electron chi connectivity index (χ3n) is 5.92. The zero-order chi connectivity index (χ0) is 21.5. The van der Waals surface area contributed by atoms with Crippen molar-refractivity contribution in [2.45, 2.75) is 24.8 Å². The quantitative estimate of drug-likeness (QED) is 0.405. The van der Waals surface area contributed by atoms with Crippen molar-refractivity contribution in [1.29, 1.82) is 0 Å². The Hall–Kier alpha value is -2.46.